The van der Waals surface area contributed by atoms with Gasteiger partial charge in [-0.2, -0.15) is 28.5 Å². The molecule has 16 rings (SSSR count). The van der Waals surface area contributed by atoms with E-state index in [0.29, 0.717) is 86.1 Å². The van der Waals surface area contributed by atoms with E-state index in [1.807, 2.05) is 144 Å². The zero-order valence-corrected chi connectivity index (χ0v) is 75.2. The number of nitrogens with one attached hydrogen (secondary N) is 11. The van der Waals surface area contributed by atoms with Crippen LogP contribution in [0.15, 0.2) is 198 Å². The van der Waals surface area contributed by atoms with Gasteiger partial charge in [0.1, 0.15) is 54.1 Å². The van der Waals surface area contributed by atoms with E-state index in [0.717, 1.165) is 130 Å². The summed E-state index contributed by atoms with van der Waals surface area (Å²) < 4.78 is 65.7. The van der Waals surface area contributed by atoms with Gasteiger partial charge in [-0.15, -0.1) is 45.3 Å². The lowest BCUT2D eigenvalue weighted by atomic mass is 9.92. The van der Waals surface area contributed by atoms with Crippen molar-refractivity contribution in [1.29, 1.82) is 0 Å². The summed E-state index contributed by atoms with van der Waals surface area (Å²) in [6, 6.07) is 43.4. The molecule has 0 spiro atoms. The molecule has 16 aromatic rings. The van der Waals surface area contributed by atoms with Crippen LogP contribution in [0.4, 0.5) is 59.2 Å². The normalized spacial score (nSPS) is 11.4. The van der Waals surface area contributed by atoms with Crippen LogP contribution in [-0.2, 0) is 48.6 Å². The van der Waals surface area contributed by atoms with E-state index < -0.39 is 17.6 Å². The third-order valence-electron chi connectivity index (χ3n) is 20.0. The molecule has 0 aliphatic heterocycles. The largest absolute Gasteiger partial charge is 0.497 e. The van der Waals surface area contributed by atoms with Crippen LogP contribution in [-0.4, -0.2) is 115 Å². The Hall–Kier alpha value is -14.0. The number of aromatic amines is 3. The molecule has 35 heteroatoms. The summed E-state index contributed by atoms with van der Waals surface area (Å²) in [5.41, 5.74) is 12.1. The molecule has 0 aliphatic rings. The number of carbonyl (C=O) groups is 4. The van der Waals surface area contributed by atoms with Crippen LogP contribution in [0.25, 0.3) is 43.6 Å². The number of rotatable bonds is 25. The van der Waals surface area contributed by atoms with Gasteiger partial charge in [0.15, 0.2) is 17.5 Å². The van der Waals surface area contributed by atoms with Crippen LogP contribution in [0.3, 0.4) is 0 Å². The maximum Gasteiger partial charge on any atom is 0.416 e. The minimum Gasteiger partial charge on any atom is -0.497 e. The molecule has 0 fully saturated rings. The molecule has 0 bridgehead atoms. The highest BCUT2D eigenvalue weighted by molar-refractivity contribution is 7.14. The number of thiophene rings is 4. The van der Waals surface area contributed by atoms with Crippen molar-refractivity contribution >= 4 is 159 Å². The minimum atomic E-state index is -4.52. The van der Waals surface area contributed by atoms with Gasteiger partial charge < -0.3 is 66.2 Å². The van der Waals surface area contributed by atoms with Crippen molar-refractivity contribution in [3.8, 4) is 28.7 Å². The standard InChI is InChI=1S/C24H27N5O3S.2C23H25N5O2S.C22H17F3N4O2S/c1-24(2,3)19-12-20(29-28-19)27-23(30)22-16(7-9-33-22)26-13-14-6-8-25-17-10-15(31-4)11-18(32-5)21(14)17;1-23(2,3)19-12-20(28-27-19)26-22(29)21-17(8-10-31-21)25-13-14-7-9-24-18-11-15(30-4)5-6-16(14)18;1-23(2,3)18-12-19(28-27-18)26-22(29)21-16(9-11-31-21)25-13-14-8-10-24-15-6-5-7-17(30-4)20(14)15;1-31-15-2-3-16-13(4-7-26-18(16)11-15)12-28-17-6-9-32-20(17)21(30)29-19-10-14(5-8-27-19)22(23,24)25/h6-12,26H,13H2,1-5H3,(H2,27,28,29,30);2*5-12,25H,13H2,1-4H3,(H2,26,27,28,29);2-11,28H,12H2,1H3,(H,27,29,30). The Morgan fingerprint density at radius 1 is 0.346 bits per heavy atom. The van der Waals surface area contributed by atoms with Crippen molar-refractivity contribution in [2.24, 2.45) is 0 Å². The molecule has 28 nitrogen and oxygen atoms in total. The smallest absolute Gasteiger partial charge is 0.416 e. The summed E-state index contributed by atoms with van der Waals surface area (Å²) in [4.78, 5) is 74.9. The zero-order valence-electron chi connectivity index (χ0n) is 71.9. The number of aromatic nitrogens is 11. The minimum absolute atomic E-state index is 0.0665. The summed E-state index contributed by atoms with van der Waals surface area (Å²) in [5.74, 6) is 3.86. The number of hydrogen-bond acceptors (Lipinski definition) is 25. The number of alkyl halides is 3. The van der Waals surface area contributed by atoms with Crippen molar-refractivity contribution in [3.05, 3.63) is 263 Å². The quantitative estimate of drug-likeness (QED) is 0.0253. The molecule has 4 amide bonds. The van der Waals surface area contributed by atoms with Crippen molar-refractivity contribution in [3.63, 3.8) is 0 Å². The number of fused-ring (bicyclic) bond motifs is 4. The number of methoxy groups -OCH3 is 5. The monoisotopic (exact) mass is 1790 g/mol. The molecule has 656 valence electrons. The molecular weight excluding hydrogens is 1700 g/mol. The lowest BCUT2D eigenvalue weighted by Crippen LogP contribution is -2.15. The molecule has 0 saturated heterocycles. The van der Waals surface area contributed by atoms with Crippen LogP contribution < -0.4 is 66.2 Å². The van der Waals surface area contributed by atoms with Crippen LogP contribution in [0.1, 0.15) is 146 Å². The maximum atomic E-state index is 12.9. The zero-order chi connectivity index (χ0) is 90.3. The first-order chi connectivity index (χ1) is 60.9. The maximum absolute atomic E-state index is 12.9. The first-order valence-electron chi connectivity index (χ1n) is 39.8. The van der Waals surface area contributed by atoms with Gasteiger partial charge in [0.25, 0.3) is 23.6 Å². The predicted octanol–water partition coefficient (Wildman–Crippen LogP) is 21.2. The average Bonchev–Trinajstić information content (AvgIpc) is 1.58. The Balaban J connectivity index is 0.000000145. The van der Waals surface area contributed by atoms with Gasteiger partial charge in [0.05, 0.1) is 85.9 Å². The molecule has 0 aliphatic carbocycles. The summed E-state index contributed by atoms with van der Waals surface area (Å²) in [7, 11) is 8.12. The molecule has 0 unspecified atom stereocenters. The number of hydrogen-bond donors (Lipinski definition) is 11. The van der Waals surface area contributed by atoms with E-state index in [9.17, 15) is 32.3 Å². The molecule has 12 heterocycles. The second kappa shape index (κ2) is 39.9. The van der Waals surface area contributed by atoms with E-state index in [4.69, 9.17) is 23.7 Å². The highest BCUT2D eigenvalue weighted by Gasteiger charge is 2.32. The predicted molar refractivity (Wildman–Crippen MR) is 499 cm³/mol. The number of benzene rings is 4. The Morgan fingerprint density at radius 3 is 1.06 bits per heavy atom. The summed E-state index contributed by atoms with van der Waals surface area (Å²) in [6.07, 6.45) is 3.50. The van der Waals surface area contributed by atoms with E-state index in [2.05, 4.69) is 160 Å². The van der Waals surface area contributed by atoms with Crippen LogP contribution in [0.2, 0.25) is 0 Å². The number of amides is 4. The Morgan fingerprint density at radius 2 is 0.693 bits per heavy atom. The first-order valence-corrected chi connectivity index (χ1v) is 43.3. The molecule has 127 heavy (non-hydrogen) atoms. The summed E-state index contributed by atoms with van der Waals surface area (Å²) >= 11 is 5.33. The first kappa shape index (κ1) is 90.7. The number of nitrogens with zero attached hydrogens (tertiary/aromatic N) is 8. The fraction of sp³-hybridized carbons (Fsp3) is 0.239. The highest BCUT2D eigenvalue weighted by atomic mass is 32.1. The Labute approximate surface area is 745 Å². The number of pyridine rings is 5. The fourth-order valence-electron chi connectivity index (χ4n) is 13.1. The molecular formula is C92H94F3N19O9S4. The number of carbonyl (C=O) groups excluding carboxylic acids is 4. The summed E-state index contributed by atoms with van der Waals surface area (Å²) in [6.45, 7) is 20.8. The highest BCUT2D eigenvalue weighted by Crippen LogP contribution is 2.38. The Bertz CT molecular complexity index is 6560. The van der Waals surface area contributed by atoms with Crippen LogP contribution in [0, 0.1) is 0 Å². The molecule has 12 aromatic heterocycles. The molecule has 11 N–H and O–H groups in total. The van der Waals surface area contributed by atoms with E-state index in [1.54, 1.807) is 71.8 Å². The van der Waals surface area contributed by atoms with Crippen molar-refractivity contribution < 1.29 is 56.0 Å². The SMILES string of the molecule is COc1cc(OC)c2c(CNc3ccsc3C(=O)Nc3cc(C(C)(C)C)[nH]n3)ccnc2c1.COc1ccc2c(CNc3ccsc3C(=O)Nc3cc(C(C)(C)C)[nH]n3)ccnc2c1.COc1ccc2c(CNc3ccsc3C(=O)Nc3cc(C(F)(F)F)ccn3)ccnc2c1.COc1cccc2nccc(CNc3ccsc3C(=O)Nc3cc(C(C)(C)C)[nH]n3)c12. The second-order valence-corrected chi connectivity index (χ2v) is 35.5. The van der Waals surface area contributed by atoms with E-state index >= 15 is 0 Å². The number of anilines is 8. The van der Waals surface area contributed by atoms with E-state index in [-0.39, 0.29) is 39.8 Å². The van der Waals surface area contributed by atoms with Crippen molar-refractivity contribution in [1.82, 2.24) is 55.5 Å². The molecule has 4 aromatic carbocycles. The van der Waals surface area contributed by atoms with Gasteiger partial charge in [-0.25, -0.2) is 4.98 Å². The van der Waals surface area contributed by atoms with Gasteiger partial charge in [-0.05, 0) is 141 Å². The topological polar surface area (TPSA) is 361 Å². The third kappa shape index (κ3) is 22.6. The average molecular weight is 1800 g/mol. The van der Waals surface area contributed by atoms with Gasteiger partial charge >= 0.3 is 6.18 Å². The van der Waals surface area contributed by atoms with Crippen molar-refractivity contribution in [2.45, 2.75) is 111 Å². The van der Waals surface area contributed by atoms with Gasteiger partial charge in [-0.1, -0.05) is 68.4 Å². The van der Waals surface area contributed by atoms with Crippen molar-refractivity contribution in [2.75, 3.05) is 78.1 Å². The molecule has 0 radical (unpaired) electrons. The van der Waals surface area contributed by atoms with Crippen LogP contribution in [0.5, 0.6) is 28.7 Å². The molecule has 0 atom stereocenters. The number of ether oxygens (including phenoxy) is 5. The van der Waals surface area contributed by atoms with Crippen LogP contribution >= 0.6 is 45.3 Å². The van der Waals surface area contributed by atoms with E-state index in [1.165, 1.54) is 45.3 Å². The third-order valence-corrected chi connectivity index (χ3v) is 23.7. The lowest BCUT2D eigenvalue weighted by molar-refractivity contribution is -0.137. The second-order valence-electron chi connectivity index (χ2n) is 31.8. The van der Waals surface area contributed by atoms with Gasteiger partial charge in [0.2, 0.25) is 0 Å². The van der Waals surface area contributed by atoms with Gasteiger partial charge in [-0.3, -0.25) is 54.4 Å². The number of halogens is 3. The lowest BCUT2D eigenvalue weighted by Gasteiger charge is -2.14. The fourth-order valence-corrected chi connectivity index (χ4v) is 16.2. The van der Waals surface area contributed by atoms with Gasteiger partial charge in [0, 0.05) is 154 Å². The number of H-pyrrole nitrogens is 3. The summed E-state index contributed by atoms with van der Waals surface area (Å²) in [5, 5.41) is 57.4. The molecule has 0 saturated carbocycles. The Kier molecular flexibility index (Phi) is 28.5.